The molecule has 0 saturated heterocycles. The van der Waals surface area contributed by atoms with Gasteiger partial charge in [0.15, 0.2) is 18.1 Å². The molecule has 0 unspecified atom stereocenters. The lowest BCUT2D eigenvalue weighted by Gasteiger charge is -2.13. The molecule has 0 atom stereocenters. The number of benzene rings is 3. The maximum Gasteiger partial charge on any atom is 0.329 e. The summed E-state index contributed by atoms with van der Waals surface area (Å²) in [6.45, 7) is 3.33. The highest BCUT2D eigenvalue weighted by atomic mass is 79.9. The largest absolute Gasteiger partial charge is 0.493 e. The van der Waals surface area contributed by atoms with Crippen molar-refractivity contribution < 1.29 is 28.2 Å². The quantitative estimate of drug-likeness (QED) is 0.212. The molecule has 3 N–H and O–H groups in total. The smallest absolute Gasteiger partial charge is 0.329 e. The van der Waals surface area contributed by atoms with Gasteiger partial charge in [-0.3, -0.25) is 14.4 Å². The van der Waals surface area contributed by atoms with Crippen LogP contribution in [0.1, 0.15) is 16.7 Å². The second-order valence-corrected chi connectivity index (χ2v) is 8.65. The van der Waals surface area contributed by atoms with E-state index in [0.29, 0.717) is 27.2 Å². The van der Waals surface area contributed by atoms with Gasteiger partial charge in [-0.15, -0.1) is 0 Å². The van der Waals surface area contributed by atoms with Crippen molar-refractivity contribution in [2.75, 3.05) is 24.4 Å². The van der Waals surface area contributed by atoms with Crippen LogP contribution in [0, 0.1) is 19.7 Å². The summed E-state index contributed by atoms with van der Waals surface area (Å²) in [6, 6.07) is 14.0. The molecule has 3 rings (SSSR count). The first kappa shape index (κ1) is 27.3. The van der Waals surface area contributed by atoms with E-state index >= 15 is 0 Å². The summed E-state index contributed by atoms with van der Waals surface area (Å²) < 4.78 is 24.4. The van der Waals surface area contributed by atoms with E-state index in [4.69, 9.17) is 9.47 Å². The lowest BCUT2D eigenvalue weighted by molar-refractivity contribution is -0.136. The first-order valence-electron chi connectivity index (χ1n) is 10.9. The van der Waals surface area contributed by atoms with E-state index < -0.39 is 23.5 Å². The van der Waals surface area contributed by atoms with Crippen LogP contribution in [0.15, 0.2) is 64.2 Å². The number of amides is 3. The Hall–Kier alpha value is -4.25. The van der Waals surface area contributed by atoms with Gasteiger partial charge in [0.1, 0.15) is 5.82 Å². The van der Waals surface area contributed by atoms with Crippen LogP contribution in [-0.4, -0.2) is 37.7 Å². The van der Waals surface area contributed by atoms with Gasteiger partial charge in [0.2, 0.25) is 0 Å². The molecule has 0 aliphatic rings. The molecule has 0 radical (unpaired) electrons. The van der Waals surface area contributed by atoms with Crippen LogP contribution in [-0.2, 0) is 14.4 Å². The monoisotopic (exact) mass is 570 g/mol. The molecular weight excluding hydrogens is 547 g/mol. The van der Waals surface area contributed by atoms with Crippen LogP contribution in [0.4, 0.5) is 15.8 Å². The van der Waals surface area contributed by atoms with Crippen molar-refractivity contribution in [3.63, 3.8) is 0 Å². The van der Waals surface area contributed by atoms with Gasteiger partial charge in [0, 0.05) is 11.4 Å². The van der Waals surface area contributed by atoms with Crippen LogP contribution in [0.2, 0.25) is 0 Å². The summed E-state index contributed by atoms with van der Waals surface area (Å²) in [6.07, 6.45) is 1.32. The van der Waals surface area contributed by atoms with E-state index in [-0.39, 0.29) is 12.4 Å². The Kier molecular flexibility index (Phi) is 9.33. The van der Waals surface area contributed by atoms with Crippen LogP contribution < -0.4 is 25.5 Å². The lowest BCUT2D eigenvalue weighted by Crippen LogP contribution is -2.32. The number of para-hydroxylation sites is 1. The molecule has 0 heterocycles. The van der Waals surface area contributed by atoms with E-state index in [1.807, 2.05) is 32.0 Å². The standard InChI is InChI=1S/C26H24BrFN4O5/c1-15-5-4-6-16(2)23(15)31-25(34)26(35)32-29-13-17-11-20(27)24(21(12-17)36-3)37-14-22(33)30-19-9-7-18(28)8-10-19/h4-13H,14H2,1-3H3,(H,30,33)(H,31,34)(H,32,35)/b29-13-. The van der Waals surface area contributed by atoms with Crippen molar-refractivity contribution in [2.45, 2.75) is 13.8 Å². The van der Waals surface area contributed by atoms with Crippen LogP contribution in [0.5, 0.6) is 11.5 Å². The fraction of sp³-hybridized carbons (Fsp3) is 0.154. The van der Waals surface area contributed by atoms with Crippen molar-refractivity contribution in [2.24, 2.45) is 5.10 Å². The Morgan fingerprint density at radius 3 is 2.32 bits per heavy atom. The average Bonchev–Trinajstić information content (AvgIpc) is 2.86. The third-order valence-electron chi connectivity index (χ3n) is 5.03. The average molecular weight is 571 g/mol. The Morgan fingerprint density at radius 2 is 1.68 bits per heavy atom. The fourth-order valence-electron chi connectivity index (χ4n) is 3.22. The molecule has 11 heteroatoms. The summed E-state index contributed by atoms with van der Waals surface area (Å²) in [4.78, 5) is 36.6. The number of aryl methyl sites for hydroxylation is 2. The highest BCUT2D eigenvalue weighted by Crippen LogP contribution is 2.36. The number of nitrogens with one attached hydrogen (secondary N) is 3. The lowest BCUT2D eigenvalue weighted by atomic mass is 10.1. The highest BCUT2D eigenvalue weighted by molar-refractivity contribution is 9.10. The number of hydrogen-bond acceptors (Lipinski definition) is 6. The van der Waals surface area contributed by atoms with Crippen molar-refractivity contribution in [3.8, 4) is 11.5 Å². The Labute approximate surface area is 221 Å². The Balaban J connectivity index is 1.59. The number of methoxy groups -OCH3 is 1. The molecule has 3 amide bonds. The molecule has 0 bridgehead atoms. The maximum absolute atomic E-state index is 13.0. The summed E-state index contributed by atoms with van der Waals surface area (Å²) in [5.74, 6) is -2.08. The van der Waals surface area contributed by atoms with Crippen molar-refractivity contribution in [3.05, 3.63) is 81.6 Å². The van der Waals surface area contributed by atoms with Gasteiger partial charge < -0.3 is 20.1 Å². The SMILES string of the molecule is COc1cc(/C=N\NC(=O)C(=O)Nc2c(C)cccc2C)cc(Br)c1OCC(=O)Nc1ccc(F)cc1. The predicted octanol–water partition coefficient (Wildman–Crippen LogP) is 4.32. The number of carbonyl (C=O) groups is 3. The van der Waals surface area contributed by atoms with Crippen LogP contribution in [0.25, 0.3) is 0 Å². The molecule has 0 spiro atoms. The normalized spacial score (nSPS) is 10.6. The molecule has 3 aromatic rings. The Morgan fingerprint density at radius 1 is 1.00 bits per heavy atom. The molecule has 0 aliphatic heterocycles. The van der Waals surface area contributed by atoms with Gasteiger partial charge in [0.05, 0.1) is 17.8 Å². The van der Waals surface area contributed by atoms with Crippen LogP contribution in [0.3, 0.4) is 0 Å². The van der Waals surface area contributed by atoms with E-state index in [1.54, 1.807) is 12.1 Å². The maximum atomic E-state index is 13.0. The van der Waals surface area contributed by atoms with Gasteiger partial charge in [-0.25, -0.2) is 9.82 Å². The number of carbonyl (C=O) groups excluding carboxylic acids is 3. The molecule has 37 heavy (non-hydrogen) atoms. The minimum Gasteiger partial charge on any atom is -0.493 e. The number of nitrogens with zero attached hydrogens (tertiary/aromatic N) is 1. The zero-order valence-corrected chi connectivity index (χ0v) is 21.8. The molecule has 0 fully saturated rings. The van der Waals surface area contributed by atoms with Crippen molar-refractivity contribution >= 4 is 51.2 Å². The second-order valence-electron chi connectivity index (χ2n) is 7.80. The third-order valence-corrected chi connectivity index (χ3v) is 5.62. The number of rotatable bonds is 8. The van der Waals surface area contributed by atoms with E-state index in [9.17, 15) is 18.8 Å². The summed E-state index contributed by atoms with van der Waals surface area (Å²) >= 11 is 3.37. The topological polar surface area (TPSA) is 118 Å². The fourth-order valence-corrected chi connectivity index (χ4v) is 3.79. The van der Waals surface area contributed by atoms with Gasteiger partial charge in [0.25, 0.3) is 5.91 Å². The summed E-state index contributed by atoms with van der Waals surface area (Å²) in [5, 5.41) is 9.01. The van der Waals surface area contributed by atoms with E-state index in [2.05, 4.69) is 37.1 Å². The number of halogens is 2. The molecule has 192 valence electrons. The predicted molar refractivity (Wildman–Crippen MR) is 142 cm³/mol. The summed E-state index contributed by atoms with van der Waals surface area (Å²) in [5.41, 5.74) is 5.36. The number of ether oxygens (including phenoxy) is 2. The molecule has 0 saturated carbocycles. The van der Waals surface area contributed by atoms with Crippen molar-refractivity contribution in [1.29, 1.82) is 0 Å². The Bertz CT molecular complexity index is 1330. The molecule has 0 aliphatic carbocycles. The zero-order chi connectivity index (χ0) is 26.9. The van der Waals surface area contributed by atoms with Gasteiger partial charge >= 0.3 is 11.8 Å². The molecule has 9 nitrogen and oxygen atoms in total. The third kappa shape index (κ3) is 7.61. The van der Waals surface area contributed by atoms with Gasteiger partial charge in [-0.05, 0) is 82.9 Å². The minimum atomic E-state index is -0.933. The first-order valence-corrected chi connectivity index (χ1v) is 11.7. The van der Waals surface area contributed by atoms with Crippen LogP contribution >= 0.6 is 15.9 Å². The van der Waals surface area contributed by atoms with Crippen molar-refractivity contribution in [1.82, 2.24) is 5.43 Å². The number of hydrazone groups is 1. The molecule has 3 aromatic carbocycles. The number of hydrogen-bond donors (Lipinski definition) is 3. The van der Waals surface area contributed by atoms with E-state index in [0.717, 1.165) is 11.1 Å². The van der Waals surface area contributed by atoms with Gasteiger partial charge in [-0.1, -0.05) is 18.2 Å². The zero-order valence-electron chi connectivity index (χ0n) is 20.2. The number of anilines is 2. The van der Waals surface area contributed by atoms with Gasteiger partial charge in [-0.2, -0.15) is 5.10 Å². The minimum absolute atomic E-state index is 0.269. The highest BCUT2D eigenvalue weighted by Gasteiger charge is 2.16. The van der Waals surface area contributed by atoms with E-state index in [1.165, 1.54) is 37.6 Å². The second kappa shape index (κ2) is 12.6. The first-order chi connectivity index (χ1) is 17.7. The molecule has 0 aromatic heterocycles. The summed E-state index contributed by atoms with van der Waals surface area (Å²) in [7, 11) is 1.42. The molecular formula is C26H24BrFN4O5.